The molecule has 1 aliphatic rings. The molecule has 0 radical (unpaired) electrons. The first-order valence-corrected chi connectivity index (χ1v) is 8.96. The number of nitrogens with one attached hydrogen (secondary N) is 1. The highest BCUT2D eigenvalue weighted by atomic mass is 127. The van der Waals surface area contributed by atoms with Gasteiger partial charge in [-0.15, -0.1) is 24.0 Å². The van der Waals surface area contributed by atoms with Gasteiger partial charge in [0.05, 0.1) is 0 Å². The van der Waals surface area contributed by atoms with E-state index in [1.54, 1.807) is 0 Å². The second kappa shape index (κ2) is 12.8. The quantitative estimate of drug-likeness (QED) is 0.292. The number of aliphatic imine (C=N–C) groups is 1. The number of guanidine groups is 1. The molecule has 0 spiro atoms. The van der Waals surface area contributed by atoms with Gasteiger partial charge in [-0.1, -0.05) is 13.8 Å². The molecule has 1 unspecified atom stereocenters. The number of nitrogens with zero attached hydrogens (tertiary/aromatic N) is 2. The Morgan fingerprint density at radius 2 is 2.19 bits per heavy atom. The Morgan fingerprint density at radius 1 is 1.43 bits per heavy atom. The van der Waals surface area contributed by atoms with Gasteiger partial charge in [0, 0.05) is 50.4 Å². The van der Waals surface area contributed by atoms with Crippen LogP contribution in [0.25, 0.3) is 0 Å². The molecule has 126 valence electrons. The number of hydrogen-bond donors (Lipinski definition) is 1. The minimum Gasteiger partial charge on any atom is -0.382 e. The van der Waals surface area contributed by atoms with E-state index >= 15 is 0 Å². The lowest BCUT2D eigenvalue weighted by Gasteiger charge is -2.36. The summed E-state index contributed by atoms with van der Waals surface area (Å²) in [5.74, 6) is 3.00. The molecular formula is C15H32IN3OS. The number of hydrogen-bond acceptors (Lipinski definition) is 3. The standard InChI is InChI=1S/C15H31N3OS.HI/c1-5-16-15(17-8-7-10-19-6-2)18-9-11-20-14(12-18)13(3)4;/h13-14H,5-12H2,1-4H3,(H,16,17);1H. The number of rotatable bonds is 7. The van der Waals surface area contributed by atoms with E-state index in [9.17, 15) is 0 Å². The van der Waals surface area contributed by atoms with Crippen LogP contribution in [0.15, 0.2) is 4.99 Å². The molecule has 6 heteroatoms. The van der Waals surface area contributed by atoms with Crippen molar-refractivity contribution in [3.8, 4) is 0 Å². The molecule has 21 heavy (non-hydrogen) atoms. The normalized spacial score (nSPS) is 19.6. The summed E-state index contributed by atoms with van der Waals surface area (Å²) in [6.07, 6.45) is 0.999. The molecule has 1 rings (SSSR count). The molecule has 1 saturated heterocycles. The summed E-state index contributed by atoms with van der Waals surface area (Å²) in [4.78, 5) is 7.17. The fraction of sp³-hybridized carbons (Fsp3) is 0.933. The maximum Gasteiger partial charge on any atom is 0.193 e. The van der Waals surface area contributed by atoms with E-state index < -0.39 is 0 Å². The van der Waals surface area contributed by atoms with Crippen molar-refractivity contribution in [2.24, 2.45) is 10.9 Å². The number of ether oxygens (including phenoxy) is 1. The van der Waals surface area contributed by atoms with Crippen molar-refractivity contribution in [2.45, 2.75) is 39.4 Å². The van der Waals surface area contributed by atoms with Gasteiger partial charge in [-0.3, -0.25) is 4.99 Å². The lowest BCUT2D eigenvalue weighted by Crippen LogP contribution is -2.49. The van der Waals surface area contributed by atoms with E-state index in [1.165, 1.54) is 5.75 Å². The summed E-state index contributed by atoms with van der Waals surface area (Å²) in [5, 5.41) is 4.15. The van der Waals surface area contributed by atoms with Crippen molar-refractivity contribution in [2.75, 3.05) is 45.1 Å². The van der Waals surface area contributed by atoms with E-state index in [0.717, 1.165) is 62.9 Å². The molecule has 0 aromatic rings. The van der Waals surface area contributed by atoms with Crippen LogP contribution in [0.1, 0.15) is 34.1 Å². The Morgan fingerprint density at radius 3 is 2.81 bits per heavy atom. The van der Waals surface area contributed by atoms with Crippen LogP contribution in [0.3, 0.4) is 0 Å². The minimum atomic E-state index is 0. The molecule has 1 N–H and O–H groups in total. The van der Waals surface area contributed by atoms with Gasteiger partial charge in [-0.2, -0.15) is 11.8 Å². The van der Waals surface area contributed by atoms with Gasteiger partial charge in [0.15, 0.2) is 5.96 Å². The van der Waals surface area contributed by atoms with Gasteiger partial charge in [0.2, 0.25) is 0 Å². The fourth-order valence-corrected chi connectivity index (χ4v) is 3.49. The fourth-order valence-electron chi connectivity index (χ4n) is 2.19. The third-order valence-corrected chi connectivity index (χ3v) is 4.92. The maximum absolute atomic E-state index is 5.36. The van der Waals surface area contributed by atoms with Crippen molar-refractivity contribution in [3.05, 3.63) is 0 Å². The first kappa shape index (κ1) is 21.3. The zero-order valence-electron chi connectivity index (χ0n) is 13.9. The first-order chi connectivity index (χ1) is 9.69. The highest BCUT2D eigenvalue weighted by molar-refractivity contribution is 14.0. The van der Waals surface area contributed by atoms with Crippen LogP contribution in [0.4, 0.5) is 0 Å². The molecule has 1 atom stereocenters. The van der Waals surface area contributed by atoms with Crippen molar-refractivity contribution >= 4 is 41.7 Å². The summed E-state index contributed by atoms with van der Waals surface area (Å²) in [6.45, 7) is 14.4. The average Bonchev–Trinajstić information content (AvgIpc) is 2.46. The van der Waals surface area contributed by atoms with Crippen LogP contribution in [0.5, 0.6) is 0 Å². The highest BCUT2D eigenvalue weighted by Gasteiger charge is 2.24. The predicted molar refractivity (Wildman–Crippen MR) is 105 cm³/mol. The highest BCUT2D eigenvalue weighted by Crippen LogP contribution is 2.24. The minimum absolute atomic E-state index is 0. The van der Waals surface area contributed by atoms with Gasteiger partial charge in [-0.05, 0) is 26.2 Å². The van der Waals surface area contributed by atoms with Gasteiger partial charge < -0.3 is 15.0 Å². The van der Waals surface area contributed by atoms with Gasteiger partial charge in [0.25, 0.3) is 0 Å². The summed E-state index contributed by atoms with van der Waals surface area (Å²) in [7, 11) is 0. The molecule has 0 saturated carbocycles. The Labute approximate surface area is 151 Å². The Bertz CT molecular complexity index is 290. The SMILES string of the molecule is CCNC(=NCCCOCC)N1CCSC(C(C)C)C1.I. The predicted octanol–water partition coefficient (Wildman–Crippen LogP) is 3.07. The van der Waals surface area contributed by atoms with Crippen LogP contribution in [0, 0.1) is 5.92 Å². The Hall–Kier alpha value is 0.310. The van der Waals surface area contributed by atoms with Crippen LogP contribution in [-0.4, -0.2) is 61.3 Å². The smallest absolute Gasteiger partial charge is 0.193 e. The van der Waals surface area contributed by atoms with E-state index in [2.05, 4.69) is 42.7 Å². The van der Waals surface area contributed by atoms with Crippen molar-refractivity contribution < 1.29 is 4.74 Å². The van der Waals surface area contributed by atoms with E-state index in [0.29, 0.717) is 0 Å². The second-order valence-electron chi connectivity index (χ2n) is 5.39. The zero-order chi connectivity index (χ0) is 14.8. The largest absolute Gasteiger partial charge is 0.382 e. The molecule has 0 aromatic carbocycles. The van der Waals surface area contributed by atoms with Crippen molar-refractivity contribution in [3.63, 3.8) is 0 Å². The molecule has 0 bridgehead atoms. The van der Waals surface area contributed by atoms with E-state index in [4.69, 9.17) is 9.73 Å². The average molecular weight is 429 g/mol. The summed E-state index contributed by atoms with van der Waals surface area (Å²) < 4.78 is 5.36. The number of thioether (sulfide) groups is 1. The first-order valence-electron chi connectivity index (χ1n) is 7.91. The second-order valence-corrected chi connectivity index (χ2v) is 6.73. The van der Waals surface area contributed by atoms with E-state index in [1.807, 2.05) is 6.92 Å². The summed E-state index contributed by atoms with van der Waals surface area (Å²) >= 11 is 2.10. The topological polar surface area (TPSA) is 36.9 Å². The molecule has 0 aliphatic carbocycles. The Balaban J connectivity index is 0.00000400. The van der Waals surface area contributed by atoms with Crippen molar-refractivity contribution in [1.82, 2.24) is 10.2 Å². The molecule has 1 aliphatic heterocycles. The van der Waals surface area contributed by atoms with Crippen molar-refractivity contribution in [1.29, 1.82) is 0 Å². The van der Waals surface area contributed by atoms with Crippen LogP contribution in [0.2, 0.25) is 0 Å². The van der Waals surface area contributed by atoms with Gasteiger partial charge in [0.1, 0.15) is 0 Å². The van der Waals surface area contributed by atoms with Gasteiger partial charge in [-0.25, -0.2) is 0 Å². The van der Waals surface area contributed by atoms with E-state index in [-0.39, 0.29) is 24.0 Å². The molecule has 0 amide bonds. The molecule has 0 aromatic heterocycles. The maximum atomic E-state index is 5.36. The van der Waals surface area contributed by atoms with Crippen LogP contribution >= 0.6 is 35.7 Å². The third-order valence-electron chi connectivity index (χ3n) is 3.38. The lowest BCUT2D eigenvalue weighted by atomic mass is 10.1. The Kier molecular flexibility index (Phi) is 13.0. The summed E-state index contributed by atoms with van der Waals surface area (Å²) in [5.41, 5.74) is 0. The molecular weight excluding hydrogens is 397 g/mol. The zero-order valence-corrected chi connectivity index (χ0v) is 17.1. The van der Waals surface area contributed by atoms with Gasteiger partial charge >= 0.3 is 0 Å². The molecule has 4 nitrogen and oxygen atoms in total. The summed E-state index contributed by atoms with van der Waals surface area (Å²) in [6, 6.07) is 0. The van der Waals surface area contributed by atoms with Crippen LogP contribution < -0.4 is 5.32 Å². The lowest BCUT2D eigenvalue weighted by molar-refractivity contribution is 0.146. The third kappa shape index (κ3) is 8.50. The monoisotopic (exact) mass is 429 g/mol. The number of halogens is 1. The van der Waals surface area contributed by atoms with Crippen LogP contribution in [-0.2, 0) is 4.74 Å². The molecule has 1 heterocycles. The molecule has 1 fully saturated rings.